The summed E-state index contributed by atoms with van der Waals surface area (Å²) in [5.41, 5.74) is 6.12. The molecular weight excluding hydrogens is 228 g/mol. The van der Waals surface area contributed by atoms with Crippen LogP contribution in [-0.4, -0.2) is 21.2 Å². The molecule has 1 aliphatic carbocycles. The summed E-state index contributed by atoms with van der Waals surface area (Å²) < 4.78 is 1.88. The van der Waals surface area contributed by atoms with Gasteiger partial charge < -0.3 is 11.1 Å². The van der Waals surface area contributed by atoms with E-state index in [2.05, 4.69) is 24.3 Å². The molecule has 1 amide bonds. The summed E-state index contributed by atoms with van der Waals surface area (Å²) in [6, 6.07) is 2.25. The topological polar surface area (TPSA) is 72.9 Å². The highest BCUT2D eigenvalue weighted by Gasteiger charge is 2.63. The maximum Gasteiger partial charge on any atom is 0.240 e. The molecule has 1 heterocycles. The summed E-state index contributed by atoms with van der Waals surface area (Å²) in [6.07, 6.45) is 2.66. The van der Waals surface area contributed by atoms with E-state index in [0.717, 1.165) is 12.1 Å². The number of amides is 1. The number of carbonyl (C=O) groups is 1. The van der Waals surface area contributed by atoms with E-state index in [1.54, 1.807) is 0 Å². The van der Waals surface area contributed by atoms with Gasteiger partial charge in [-0.3, -0.25) is 9.48 Å². The normalized spacial score (nSPS) is 25.2. The van der Waals surface area contributed by atoms with Crippen molar-refractivity contribution < 1.29 is 4.79 Å². The van der Waals surface area contributed by atoms with Gasteiger partial charge in [-0.25, -0.2) is 0 Å². The molecule has 5 heteroatoms. The van der Waals surface area contributed by atoms with Crippen LogP contribution in [0.2, 0.25) is 0 Å². The maximum absolute atomic E-state index is 12.0. The Labute approximate surface area is 108 Å². The van der Waals surface area contributed by atoms with E-state index in [1.165, 1.54) is 0 Å². The lowest BCUT2D eigenvalue weighted by atomic mass is 10.1. The fourth-order valence-electron chi connectivity index (χ4n) is 2.13. The van der Waals surface area contributed by atoms with Crippen molar-refractivity contribution in [2.24, 2.45) is 11.1 Å². The summed E-state index contributed by atoms with van der Waals surface area (Å²) >= 11 is 0. The quantitative estimate of drug-likeness (QED) is 0.843. The molecule has 0 saturated heterocycles. The van der Waals surface area contributed by atoms with Gasteiger partial charge in [-0.1, -0.05) is 13.8 Å². The molecule has 1 aromatic heterocycles. The number of carbonyl (C=O) groups excluding carboxylic acids is 1. The monoisotopic (exact) mass is 250 g/mol. The Hall–Kier alpha value is -1.36. The van der Waals surface area contributed by atoms with Crippen LogP contribution >= 0.6 is 0 Å². The highest BCUT2D eigenvalue weighted by Crippen LogP contribution is 2.53. The lowest BCUT2D eigenvalue weighted by Crippen LogP contribution is -2.45. The standard InChI is InChI=1S/C13H22N4O/c1-9(2)17-6-5-10(16-17)7-15-11(18)13(14)8-12(13,3)4/h5-6,9H,7-8,14H2,1-4H3,(H,15,18). The Morgan fingerprint density at radius 1 is 1.61 bits per heavy atom. The molecule has 1 saturated carbocycles. The van der Waals surface area contributed by atoms with Gasteiger partial charge in [0.05, 0.1) is 12.2 Å². The number of hydrogen-bond donors (Lipinski definition) is 2. The number of nitrogens with zero attached hydrogens (tertiary/aromatic N) is 2. The van der Waals surface area contributed by atoms with Crippen LogP contribution in [0.15, 0.2) is 12.3 Å². The molecule has 2 rings (SSSR count). The third kappa shape index (κ3) is 2.14. The molecule has 3 N–H and O–H groups in total. The highest BCUT2D eigenvalue weighted by molar-refractivity contribution is 5.90. The zero-order valence-electron chi connectivity index (χ0n) is 11.5. The fraction of sp³-hybridized carbons (Fsp3) is 0.692. The van der Waals surface area contributed by atoms with Gasteiger partial charge in [0.2, 0.25) is 5.91 Å². The van der Waals surface area contributed by atoms with Crippen LogP contribution in [-0.2, 0) is 11.3 Å². The molecule has 1 aromatic rings. The molecule has 0 aliphatic heterocycles. The molecule has 1 atom stereocenters. The highest BCUT2D eigenvalue weighted by atomic mass is 16.2. The molecule has 1 aliphatic rings. The second-order valence-electron chi connectivity index (χ2n) is 6.10. The summed E-state index contributed by atoms with van der Waals surface area (Å²) in [5, 5.41) is 7.25. The lowest BCUT2D eigenvalue weighted by Gasteiger charge is -2.14. The van der Waals surface area contributed by atoms with Gasteiger partial charge >= 0.3 is 0 Å². The third-order valence-corrected chi connectivity index (χ3v) is 3.83. The Morgan fingerprint density at radius 3 is 2.67 bits per heavy atom. The molecule has 0 bridgehead atoms. The summed E-state index contributed by atoms with van der Waals surface area (Å²) in [5.74, 6) is -0.0772. The van der Waals surface area contributed by atoms with Crippen molar-refractivity contribution in [2.75, 3.05) is 0 Å². The largest absolute Gasteiger partial charge is 0.349 e. The first-order valence-corrected chi connectivity index (χ1v) is 6.37. The van der Waals surface area contributed by atoms with Gasteiger partial charge in [0.1, 0.15) is 5.54 Å². The van der Waals surface area contributed by atoms with E-state index in [0.29, 0.717) is 12.6 Å². The van der Waals surface area contributed by atoms with E-state index >= 15 is 0 Å². The van der Waals surface area contributed by atoms with E-state index < -0.39 is 5.54 Å². The van der Waals surface area contributed by atoms with Crippen molar-refractivity contribution in [1.29, 1.82) is 0 Å². The zero-order valence-corrected chi connectivity index (χ0v) is 11.5. The SMILES string of the molecule is CC(C)n1ccc(CNC(=O)C2(N)CC2(C)C)n1. The van der Waals surface area contributed by atoms with Crippen molar-refractivity contribution in [1.82, 2.24) is 15.1 Å². The zero-order chi connectivity index (χ0) is 13.6. The second kappa shape index (κ2) is 4.09. The molecule has 1 fully saturated rings. The molecule has 0 aromatic carbocycles. The molecule has 0 radical (unpaired) electrons. The Morgan fingerprint density at radius 2 is 2.22 bits per heavy atom. The minimum Gasteiger partial charge on any atom is -0.349 e. The van der Waals surface area contributed by atoms with Crippen molar-refractivity contribution in [3.05, 3.63) is 18.0 Å². The number of rotatable bonds is 4. The first kappa shape index (κ1) is 13.1. The minimum atomic E-state index is -0.701. The number of nitrogens with one attached hydrogen (secondary N) is 1. The van der Waals surface area contributed by atoms with Gasteiger partial charge in [-0.15, -0.1) is 0 Å². The van der Waals surface area contributed by atoms with Gasteiger partial charge in [-0.2, -0.15) is 5.10 Å². The van der Waals surface area contributed by atoms with Crippen LogP contribution in [0.5, 0.6) is 0 Å². The maximum atomic E-state index is 12.0. The van der Waals surface area contributed by atoms with Gasteiger partial charge in [0, 0.05) is 12.2 Å². The van der Waals surface area contributed by atoms with Crippen LogP contribution in [0, 0.1) is 5.41 Å². The predicted molar refractivity (Wildman–Crippen MR) is 69.8 cm³/mol. The summed E-state index contributed by atoms with van der Waals surface area (Å²) in [7, 11) is 0. The molecule has 18 heavy (non-hydrogen) atoms. The molecule has 0 spiro atoms. The molecular formula is C13H22N4O. The molecule has 1 unspecified atom stereocenters. The average Bonchev–Trinajstić information content (AvgIpc) is 2.68. The van der Waals surface area contributed by atoms with E-state index in [-0.39, 0.29) is 11.3 Å². The number of aromatic nitrogens is 2. The minimum absolute atomic E-state index is 0.0772. The van der Waals surface area contributed by atoms with Crippen molar-refractivity contribution in [3.8, 4) is 0 Å². The first-order chi connectivity index (χ1) is 8.26. The second-order valence-corrected chi connectivity index (χ2v) is 6.10. The van der Waals surface area contributed by atoms with Crippen LogP contribution in [0.4, 0.5) is 0 Å². The molecule has 100 valence electrons. The smallest absolute Gasteiger partial charge is 0.240 e. The molecule has 5 nitrogen and oxygen atoms in total. The van der Waals surface area contributed by atoms with Crippen LogP contribution in [0.25, 0.3) is 0 Å². The third-order valence-electron chi connectivity index (χ3n) is 3.83. The van der Waals surface area contributed by atoms with Crippen LogP contribution < -0.4 is 11.1 Å². The van der Waals surface area contributed by atoms with E-state index in [4.69, 9.17) is 5.73 Å². The van der Waals surface area contributed by atoms with Crippen LogP contribution in [0.3, 0.4) is 0 Å². The van der Waals surface area contributed by atoms with Crippen molar-refractivity contribution in [2.45, 2.75) is 52.2 Å². The average molecular weight is 250 g/mol. The number of hydrogen-bond acceptors (Lipinski definition) is 3. The lowest BCUT2D eigenvalue weighted by molar-refractivity contribution is -0.124. The predicted octanol–water partition coefficient (Wildman–Crippen LogP) is 1.21. The van der Waals surface area contributed by atoms with Crippen molar-refractivity contribution in [3.63, 3.8) is 0 Å². The van der Waals surface area contributed by atoms with E-state index in [9.17, 15) is 4.79 Å². The van der Waals surface area contributed by atoms with Gasteiger partial charge in [-0.05, 0) is 31.7 Å². The Bertz CT molecular complexity index is 463. The van der Waals surface area contributed by atoms with E-state index in [1.807, 2.05) is 30.8 Å². The Kier molecular flexibility index (Phi) is 2.97. The number of nitrogens with two attached hydrogens (primary N) is 1. The van der Waals surface area contributed by atoms with Gasteiger partial charge in [0.15, 0.2) is 0 Å². The van der Waals surface area contributed by atoms with Crippen molar-refractivity contribution >= 4 is 5.91 Å². The summed E-state index contributed by atoms with van der Waals surface area (Å²) in [6.45, 7) is 8.60. The Balaban J connectivity index is 1.90. The summed E-state index contributed by atoms with van der Waals surface area (Å²) in [4.78, 5) is 12.0. The van der Waals surface area contributed by atoms with Gasteiger partial charge in [0.25, 0.3) is 0 Å². The first-order valence-electron chi connectivity index (χ1n) is 6.37. The van der Waals surface area contributed by atoms with Crippen LogP contribution in [0.1, 0.15) is 45.9 Å². The fourth-order valence-corrected chi connectivity index (χ4v) is 2.13.